The van der Waals surface area contributed by atoms with Gasteiger partial charge in [0, 0.05) is 36.0 Å². The van der Waals surface area contributed by atoms with E-state index in [1.807, 2.05) is 0 Å². The van der Waals surface area contributed by atoms with Crippen LogP contribution in [0.15, 0.2) is 46.3 Å². The number of hydrogen-bond donors (Lipinski definition) is 1. The first-order valence-corrected chi connectivity index (χ1v) is 11.4. The summed E-state index contributed by atoms with van der Waals surface area (Å²) in [5.41, 5.74) is 1.32. The first-order chi connectivity index (χ1) is 14.7. The lowest BCUT2D eigenvalue weighted by Gasteiger charge is -2.37. The van der Waals surface area contributed by atoms with E-state index in [0.29, 0.717) is 40.3 Å². The quantitative estimate of drug-likeness (QED) is 0.627. The van der Waals surface area contributed by atoms with E-state index in [-0.39, 0.29) is 10.5 Å². The maximum Gasteiger partial charge on any atom is 0.275 e. The minimum Gasteiger partial charge on any atom is -0.493 e. The molecule has 1 N–H and O–H groups in total. The third-order valence-corrected chi connectivity index (χ3v) is 7.55. The monoisotopic (exact) mass is 449 g/mol. The second-order valence-electron chi connectivity index (χ2n) is 8.26. The molecule has 0 amide bonds. The number of aromatic amines is 1. The summed E-state index contributed by atoms with van der Waals surface area (Å²) < 4.78 is 60.8. The van der Waals surface area contributed by atoms with E-state index in [4.69, 9.17) is 4.74 Å². The fourth-order valence-electron chi connectivity index (χ4n) is 3.87. The third kappa shape index (κ3) is 3.53. The Hall–Kier alpha value is -2.72. The molecular formula is C21H21F2N3O4S. The molecule has 10 heteroatoms. The van der Waals surface area contributed by atoms with Gasteiger partial charge in [-0.15, -0.1) is 0 Å². The summed E-state index contributed by atoms with van der Waals surface area (Å²) in [5.74, 6) is -2.03. The average Bonchev–Trinajstić information content (AvgIpc) is 3.46. The lowest BCUT2D eigenvalue weighted by Crippen LogP contribution is -2.58. The van der Waals surface area contributed by atoms with Crippen molar-refractivity contribution in [2.24, 2.45) is 13.0 Å². The molecule has 0 spiro atoms. The Bertz CT molecular complexity index is 1330. The van der Waals surface area contributed by atoms with Gasteiger partial charge in [-0.3, -0.25) is 4.79 Å². The van der Waals surface area contributed by atoms with Gasteiger partial charge >= 0.3 is 0 Å². The van der Waals surface area contributed by atoms with Gasteiger partial charge < -0.3 is 14.3 Å². The van der Waals surface area contributed by atoms with Crippen LogP contribution >= 0.6 is 0 Å². The Balaban J connectivity index is 1.63. The number of nitrogens with zero attached hydrogens (tertiary/aromatic N) is 2. The highest BCUT2D eigenvalue weighted by atomic mass is 32.2. The van der Waals surface area contributed by atoms with Crippen LogP contribution in [-0.2, 0) is 17.1 Å². The number of nitrogens with one attached hydrogen (secondary N) is 1. The summed E-state index contributed by atoms with van der Waals surface area (Å²) in [6.07, 6.45) is 5.46. The minimum atomic E-state index is -4.07. The van der Waals surface area contributed by atoms with E-state index in [0.717, 1.165) is 17.1 Å². The van der Waals surface area contributed by atoms with Gasteiger partial charge in [-0.1, -0.05) is 0 Å². The van der Waals surface area contributed by atoms with E-state index in [9.17, 15) is 22.0 Å². The maximum absolute atomic E-state index is 13.3. The summed E-state index contributed by atoms with van der Waals surface area (Å²) in [7, 11) is -2.34. The van der Waals surface area contributed by atoms with E-state index in [2.05, 4.69) is 4.98 Å². The first-order valence-electron chi connectivity index (χ1n) is 9.98. The first kappa shape index (κ1) is 20.2. The zero-order chi connectivity index (χ0) is 22.0. The van der Waals surface area contributed by atoms with Crippen LogP contribution in [0.1, 0.15) is 12.8 Å². The van der Waals surface area contributed by atoms with Gasteiger partial charge in [0.25, 0.3) is 11.5 Å². The topological polar surface area (TPSA) is 84.4 Å². The molecule has 0 radical (unpaired) electrons. The molecule has 1 saturated heterocycles. The van der Waals surface area contributed by atoms with Crippen molar-refractivity contribution in [1.82, 2.24) is 13.9 Å². The van der Waals surface area contributed by atoms with Crippen molar-refractivity contribution in [3.05, 3.63) is 47.0 Å². The molecule has 31 heavy (non-hydrogen) atoms. The van der Waals surface area contributed by atoms with Crippen LogP contribution in [-0.4, -0.2) is 47.9 Å². The van der Waals surface area contributed by atoms with Crippen LogP contribution in [0.5, 0.6) is 5.75 Å². The zero-order valence-corrected chi connectivity index (χ0v) is 17.6. The smallest absolute Gasteiger partial charge is 0.275 e. The molecule has 2 aliphatic rings. The van der Waals surface area contributed by atoms with Crippen LogP contribution in [0.4, 0.5) is 8.78 Å². The van der Waals surface area contributed by atoms with Crippen molar-refractivity contribution in [2.45, 2.75) is 23.7 Å². The van der Waals surface area contributed by atoms with Crippen molar-refractivity contribution >= 4 is 20.9 Å². The molecule has 164 valence electrons. The van der Waals surface area contributed by atoms with Crippen LogP contribution in [0.2, 0.25) is 0 Å². The molecule has 3 aromatic rings. The largest absolute Gasteiger partial charge is 0.493 e. The third-order valence-electron chi connectivity index (χ3n) is 5.77. The van der Waals surface area contributed by atoms with E-state index >= 15 is 0 Å². The number of fused-ring (bicyclic) bond motifs is 1. The molecule has 1 aliphatic heterocycles. The normalized spacial score (nSPS) is 18.8. The summed E-state index contributed by atoms with van der Waals surface area (Å²) in [6.45, 7) is -1.13. The standard InChI is InChI=1S/C21H21F2N3O4S/c1-25-9-17(15-6-7-24-20(27)19(15)25)16-8-14(4-5-18(16)30-10-13-2-3-13)31(28,29)26-11-21(22,23)12-26/h4-9,13H,2-3,10-12H2,1H3,(H,24,27). The Kier molecular flexibility index (Phi) is 4.49. The number of H-pyrrole nitrogens is 1. The number of hydrogen-bond acceptors (Lipinski definition) is 4. The predicted octanol–water partition coefficient (Wildman–Crippen LogP) is 2.96. The number of sulfonamides is 1. The summed E-state index contributed by atoms with van der Waals surface area (Å²) in [5, 5.41) is 0.646. The van der Waals surface area contributed by atoms with E-state index in [1.165, 1.54) is 18.3 Å². The minimum absolute atomic E-state index is 0.0846. The van der Waals surface area contributed by atoms with E-state index < -0.39 is 29.0 Å². The molecule has 7 nitrogen and oxygen atoms in total. The van der Waals surface area contributed by atoms with Gasteiger partial charge in [0.2, 0.25) is 10.0 Å². The molecular weight excluding hydrogens is 428 g/mol. The van der Waals surface area contributed by atoms with Crippen molar-refractivity contribution in [3.63, 3.8) is 0 Å². The predicted molar refractivity (Wildman–Crippen MR) is 111 cm³/mol. The van der Waals surface area contributed by atoms with Crippen molar-refractivity contribution in [2.75, 3.05) is 19.7 Å². The van der Waals surface area contributed by atoms with Crippen molar-refractivity contribution < 1.29 is 21.9 Å². The Morgan fingerprint density at radius 3 is 2.61 bits per heavy atom. The van der Waals surface area contributed by atoms with E-state index in [1.54, 1.807) is 29.9 Å². The Morgan fingerprint density at radius 1 is 1.19 bits per heavy atom. The van der Waals surface area contributed by atoms with Gasteiger partial charge in [0.05, 0.1) is 24.6 Å². The number of aromatic nitrogens is 2. The van der Waals surface area contributed by atoms with Crippen LogP contribution in [0.3, 0.4) is 0 Å². The molecule has 2 aromatic heterocycles. The highest BCUT2D eigenvalue weighted by molar-refractivity contribution is 7.89. The molecule has 1 saturated carbocycles. The molecule has 0 bridgehead atoms. The molecule has 1 aliphatic carbocycles. The number of ether oxygens (including phenoxy) is 1. The lowest BCUT2D eigenvalue weighted by molar-refractivity contribution is -0.0945. The Labute approximate surface area is 177 Å². The fraction of sp³-hybridized carbons (Fsp3) is 0.381. The molecule has 2 fully saturated rings. The molecule has 0 atom stereocenters. The number of alkyl halides is 2. The summed E-state index contributed by atoms with van der Waals surface area (Å²) in [4.78, 5) is 14.8. The van der Waals surface area contributed by atoms with Crippen molar-refractivity contribution in [1.29, 1.82) is 0 Å². The fourth-order valence-corrected chi connectivity index (χ4v) is 5.39. The highest BCUT2D eigenvalue weighted by Crippen LogP contribution is 2.40. The zero-order valence-electron chi connectivity index (χ0n) is 16.8. The second kappa shape index (κ2) is 6.89. The summed E-state index contributed by atoms with van der Waals surface area (Å²) >= 11 is 0. The molecule has 1 aromatic carbocycles. The Morgan fingerprint density at radius 2 is 1.94 bits per heavy atom. The number of benzene rings is 1. The molecule has 3 heterocycles. The number of rotatable bonds is 6. The molecule has 5 rings (SSSR count). The van der Waals surface area contributed by atoms with Gasteiger partial charge in [0.1, 0.15) is 11.3 Å². The number of halogens is 2. The SMILES string of the molecule is Cn1cc(-c2cc(S(=O)(=O)N3CC(F)(F)C3)ccc2OCC2CC2)c2cc[nH]c(=O)c21. The number of pyridine rings is 1. The average molecular weight is 449 g/mol. The van der Waals surface area contributed by atoms with Crippen LogP contribution in [0, 0.1) is 5.92 Å². The summed E-state index contributed by atoms with van der Waals surface area (Å²) in [6, 6.07) is 6.14. The van der Waals surface area contributed by atoms with Gasteiger partial charge in [-0.2, -0.15) is 4.31 Å². The lowest BCUT2D eigenvalue weighted by atomic mass is 10.0. The van der Waals surface area contributed by atoms with Gasteiger partial charge in [-0.25, -0.2) is 17.2 Å². The molecule has 0 unspecified atom stereocenters. The van der Waals surface area contributed by atoms with Crippen LogP contribution in [0.25, 0.3) is 22.0 Å². The number of aryl methyl sites for hydroxylation is 1. The van der Waals surface area contributed by atoms with Crippen molar-refractivity contribution in [3.8, 4) is 16.9 Å². The highest BCUT2D eigenvalue weighted by Gasteiger charge is 2.50. The van der Waals surface area contributed by atoms with Gasteiger partial charge in [-0.05, 0) is 43.0 Å². The maximum atomic E-state index is 13.3. The second-order valence-corrected chi connectivity index (χ2v) is 10.2. The van der Waals surface area contributed by atoms with Crippen LogP contribution < -0.4 is 10.3 Å². The van der Waals surface area contributed by atoms with Gasteiger partial charge in [0.15, 0.2) is 0 Å².